The van der Waals surface area contributed by atoms with Crippen molar-refractivity contribution in [2.75, 3.05) is 0 Å². The number of aryl methyl sites for hydroxylation is 1. The van der Waals surface area contributed by atoms with E-state index < -0.39 is 53.1 Å². The first-order valence-electron chi connectivity index (χ1n) is 14.5. The zero-order chi connectivity index (χ0) is 30.5. The van der Waals surface area contributed by atoms with Crippen molar-refractivity contribution in [3.63, 3.8) is 0 Å². The summed E-state index contributed by atoms with van der Waals surface area (Å²) in [5.74, 6) is -2.03. The fraction of sp³-hybridized carbons (Fsp3) is 0.452. The largest absolute Gasteiger partial charge is 0.458 e. The van der Waals surface area contributed by atoms with Crippen LogP contribution in [0.3, 0.4) is 0 Å². The third-order valence-corrected chi connectivity index (χ3v) is 9.72. The van der Waals surface area contributed by atoms with Crippen LogP contribution < -0.4 is 10.9 Å². The highest BCUT2D eigenvalue weighted by molar-refractivity contribution is 5.94. The second-order valence-electron chi connectivity index (χ2n) is 11.9. The molecule has 0 saturated carbocycles. The summed E-state index contributed by atoms with van der Waals surface area (Å²) in [5.41, 5.74) is 1.83. The summed E-state index contributed by atoms with van der Waals surface area (Å²) in [5, 5.41) is 25.4. The number of benzene rings is 1. The van der Waals surface area contributed by atoms with Gasteiger partial charge in [0.2, 0.25) is 11.8 Å². The summed E-state index contributed by atoms with van der Waals surface area (Å²) < 4.78 is 21.8. The van der Waals surface area contributed by atoms with E-state index in [-0.39, 0.29) is 37.1 Å². The third-order valence-electron chi connectivity index (χ3n) is 9.72. The number of amides is 2. The lowest BCUT2D eigenvalue weighted by molar-refractivity contribution is -0.172. The van der Waals surface area contributed by atoms with Gasteiger partial charge in [0.25, 0.3) is 5.56 Å². The molecular formula is C31H31FN4O7. The molecule has 4 aliphatic rings. The quantitative estimate of drug-likeness (QED) is 0.307. The molecule has 3 aromatic rings. The van der Waals surface area contributed by atoms with Gasteiger partial charge < -0.3 is 29.7 Å². The van der Waals surface area contributed by atoms with Crippen LogP contribution in [0.4, 0.5) is 4.39 Å². The Morgan fingerprint density at radius 1 is 1.19 bits per heavy atom. The molecule has 5 heterocycles. The van der Waals surface area contributed by atoms with E-state index in [2.05, 4.69) is 5.32 Å². The molecule has 43 heavy (non-hydrogen) atoms. The highest BCUT2D eigenvalue weighted by Gasteiger charge is 2.46. The van der Waals surface area contributed by atoms with Gasteiger partial charge in [-0.05, 0) is 61.8 Å². The summed E-state index contributed by atoms with van der Waals surface area (Å²) in [4.78, 5) is 58.2. The van der Waals surface area contributed by atoms with Gasteiger partial charge in [0.05, 0.1) is 35.1 Å². The molecule has 1 aromatic carbocycles. The molecule has 3 aliphatic heterocycles. The van der Waals surface area contributed by atoms with Gasteiger partial charge in [-0.25, -0.2) is 14.2 Å². The van der Waals surface area contributed by atoms with Crippen LogP contribution in [0.15, 0.2) is 16.9 Å². The maximum atomic E-state index is 15.1. The molecule has 224 valence electrons. The first-order valence-corrected chi connectivity index (χ1v) is 14.5. The minimum Gasteiger partial charge on any atom is -0.458 e. The molecule has 1 fully saturated rings. The van der Waals surface area contributed by atoms with E-state index in [0.717, 1.165) is 16.5 Å². The summed E-state index contributed by atoms with van der Waals surface area (Å²) >= 11 is 0. The van der Waals surface area contributed by atoms with E-state index in [1.54, 1.807) is 19.9 Å². The van der Waals surface area contributed by atoms with Crippen LogP contribution in [0.5, 0.6) is 0 Å². The lowest BCUT2D eigenvalue weighted by atomic mass is 9.81. The van der Waals surface area contributed by atoms with Crippen molar-refractivity contribution in [3.8, 4) is 11.4 Å². The zero-order valence-electron chi connectivity index (χ0n) is 24.0. The third kappa shape index (κ3) is 3.75. The number of hydrogen-bond acceptors (Lipinski definition) is 8. The predicted molar refractivity (Wildman–Crippen MR) is 150 cm³/mol. The molecule has 0 radical (unpaired) electrons. The Bertz CT molecular complexity index is 1850. The number of rotatable bonds is 3. The van der Waals surface area contributed by atoms with Gasteiger partial charge in [0.1, 0.15) is 24.7 Å². The minimum absolute atomic E-state index is 0.0000802. The van der Waals surface area contributed by atoms with Crippen LogP contribution in [-0.4, -0.2) is 54.7 Å². The molecule has 11 nitrogen and oxygen atoms in total. The Balaban J connectivity index is 1.41. The number of likely N-dealkylation sites (tertiary alicyclic amines) is 1. The minimum atomic E-state index is -1.99. The normalized spacial score (nSPS) is 25.3. The number of cyclic esters (lactones) is 1. The lowest BCUT2D eigenvalue weighted by Gasteiger charge is -2.32. The van der Waals surface area contributed by atoms with Gasteiger partial charge in [-0.1, -0.05) is 6.92 Å². The van der Waals surface area contributed by atoms with Crippen molar-refractivity contribution >= 4 is 28.7 Å². The highest BCUT2D eigenvalue weighted by Crippen LogP contribution is 2.46. The maximum absolute atomic E-state index is 15.1. The SMILES string of the molecule is CC[C@@]1(O)C(=O)OCc2c1cc1n(c2=O)Cc2c-1nc1cc(F)c(C)c3c1c2[C@@H](NC(=O)C1CCC(O)N1C(C)=O)CC3. The van der Waals surface area contributed by atoms with Crippen LogP contribution in [0, 0.1) is 12.7 Å². The zero-order valence-corrected chi connectivity index (χ0v) is 24.0. The first-order chi connectivity index (χ1) is 20.5. The van der Waals surface area contributed by atoms with Crippen molar-refractivity contribution in [2.45, 2.75) is 89.9 Å². The van der Waals surface area contributed by atoms with Crippen molar-refractivity contribution in [1.29, 1.82) is 0 Å². The molecule has 2 aromatic heterocycles. The lowest BCUT2D eigenvalue weighted by Crippen LogP contribution is -2.49. The van der Waals surface area contributed by atoms with Crippen molar-refractivity contribution < 1.29 is 33.7 Å². The van der Waals surface area contributed by atoms with Gasteiger partial charge in [-0.2, -0.15) is 0 Å². The maximum Gasteiger partial charge on any atom is 0.343 e. The molecule has 7 rings (SSSR count). The van der Waals surface area contributed by atoms with Gasteiger partial charge >= 0.3 is 5.97 Å². The van der Waals surface area contributed by atoms with Gasteiger partial charge in [-0.15, -0.1) is 0 Å². The highest BCUT2D eigenvalue weighted by atomic mass is 19.1. The number of aromatic nitrogens is 2. The number of esters is 1. The van der Waals surface area contributed by atoms with Crippen molar-refractivity contribution in [1.82, 2.24) is 19.8 Å². The molecule has 2 unspecified atom stereocenters. The standard InChI is InChI=1S/C31H31FN4O7/c1-4-31(42)18-9-23-27-16(11-35(23)29(40)17(18)12-43-30(31)41)26-20(34-28(39)22-7-8-24(38)36(22)14(3)37)6-5-15-13(2)19(32)10-21(33-27)25(15)26/h9-10,20,22,24,38,42H,4-8,11-12H2,1-3H3,(H,34,39)/t20-,22?,24?,31-/m0/s1. The fourth-order valence-corrected chi connectivity index (χ4v) is 7.45. The number of nitrogens with one attached hydrogen (secondary N) is 1. The van der Waals surface area contributed by atoms with Crippen molar-refractivity contribution in [3.05, 3.63) is 61.7 Å². The summed E-state index contributed by atoms with van der Waals surface area (Å²) in [6.07, 6.45) is 0.499. The molecule has 12 heteroatoms. The summed E-state index contributed by atoms with van der Waals surface area (Å²) in [6.45, 7) is 4.51. The second kappa shape index (κ2) is 9.42. The molecule has 2 amide bonds. The van der Waals surface area contributed by atoms with Crippen molar-refractivity contribution in [2.24, 2.45) is 0 Å². The van der Waals surface area contributed by atoms with Gasteiger partial charge in [-0.3, -0.25) is 14.4 Å². The van der Waals surface area contributed by atoms with Crippen LogP contribution >= 0.6 is 0 Å². The average Bonchev–Trinajstić information content (AvgIpc) is 3.55. The molecule has 0 bridgehead atoms. The number of halogens is 1. The Labute approximate surface area is 245 Å². The monoisotopic (exact) mass is 590 g/mol. The van der Waals surface area contributed by atoms with Crippen LogP contribution in [0.2, 0.25) is 0 Å². The Morgan fingerprint density at radius 2 is 1.95 bits per heavy atom. The molecule has 1 aliphatic carbocycles. The fourth-order valence-electron chi connectivity index (χ4n) is 7.45. The number of aliphatic hydroxyl groups is 2. The number of fused-ring (bicyclic) bond motifs is 5. The Kier molecular flexibility index (Phi) is 6.06. The number of hydrogen-bond donors (Lipinski definition) is 3. The molecule has 3 N–H and O–H groups in total. The molecular weight excluding hydrogens is 559 g/mol. The second-order valence-corrected chi connectivity index (χ2v) is 11.9. The number of nitrogens with zero attached hydrogens (tertiary/aromatic N) is 3. The number of carbonyl (C=O) groups excluding carboxylic acids is 3. The Hall–Kier alpha value is -4.16. The molecule has 4 atom stereocenters. The topological polar surface area (TPSA) is 151 Å². The predicted octanol–water partition coefficient (Wildman–Crippen LogP) is 1.96. The van der Waals surface area contributed by atoms with E-state index >= 15 is 4.39 Å². The van der Waals surface area contributed by atoms with E-state index in [9.17, 15) is 29.4 Å². The summed E-state index contributed by atoms with van der Waals surface area (Å²) in [7, 11) is 0. The smallest absolute Gasteiger partial charge is 0.343 e. The van der Waals surface area contributed by atoms with Gasteiger partial charge in [0, 0.05) is 29.5 Å². The van der Waals surface area contributed by atoms with Crippen LogP contribution in [0.1, 0.15) is 79.0 Å². The average molecular weight is 591 g/mol. The number of ether oxygens (including phenoxy) is 1. The number of carbonyl (C=O) groups is 3. The van der Waals surface area contributed by atoms with E-state index in [1.165, 1.54) is 22.5 Å². The summed E-state index contributed by atoms with van der Waals surface area (Å²) in [6, 6.07) is 1.59. The van der Waals surface area contributed by atoms with E-state index in [1.807, 2.05) is 0 Å². The van der Waals surface area contributed by atoms with Gasteiger partial charge in [0.15, 0.2) is 5.60 Å². The number of pyridine rings is 2. The van der Waals surface area contributed by atoms with E-state index in [0.29, 0.717) is 47.3 Å². The van der Waals surface area contributed by atoms with Crippen LogP contribution in [0.25, 0.3) is 22.3 Å². The first kappa shape index (κ1) is 27.7. The van der Waals surface area contributed by atoms with Crippen LogP contribution in [-0.2, 0) is 44.3 Å². The Morgan fingerprint density at radius 3 is 2.67 bits per heavy atom. The molecule has 1 saturated heterocycles. The molecule has 0 spiro atoms. The number of aliphatic hydroxyl groups excluding tert-OH is 1. The van der Waals surface area contributed by atoms with E-state index in [4.69, 9.17) is 9.72 Å².